The average molecular weight is 436 g/mol. The average Bonchev–Trinajstić information content (AvgIpc) is 2.77. The zero-order chi connectivity index (χ0) is 23.7. The zero-order valence-corrected chi connectivity index (χ0v) is 16.3. The van der Waals surface area contributed by atoms with Crippen molar-refractivity contribution in [2.75, 3.05) is 13.2 Å². The first-order chi connectivity index (χ1) is 15.2. The Morgan fingerprint density at radius 3 is 1.41 bits per heavy atom. The molecule has 0 spiro atoms. The molecule has 10 nitrogen and oxygen atoms in total. The normalized spacial score (nSPS) is 11.2. The summed E-state index contributed by atoms with van der Waals surface area (Å²) in [5, 5.41) is 55.7. The molecule has 0 radical (unpaired) electrons. The van der Waals surface area contributed by atoms with Crippen molar-refractivity contribution in [3.8, 4) is 35.1 Å². The predicted molar refractivity (Wildman–Crippen MR) is 109 cm³/mol. The van der Waals surface area contributed by atoms with E-state index in [0.29, 0.717) is 0 Å². The van der Waals surface area contributed by atoms with Gasteiger partial charge >= 0.3 is 11.9 Å². The maximum atomic E-state index is 12.0. The monoisotopic (exact) mass is 436 g/mol. The first-order valence-corrected chi connectivity index (χ1v) is 8.87. The molecule has 0 amide bonds. The summed E-state index contributed by atoms with van der Waals surface area (Å²) in [4.78, 5) is 24.0. The van der Waals surface area contributed by atoms with Crippen LogP contribution in [0.25, 0.3) is 12.2 Å². The van der Waals surface area contributed by atoms with Gasteiger partial charge in [-0.25, -0.2) is 9.59 Å². The third-order valence-corrected chi connectivity index (χ3v) is 3.85. The van der Waals surface area contributed by atoms with E-state index in [1.165, 1.54) is 24.3 Å². The largest absolute Gasteiger partial charge is 0.504 e. The van der Waals surface area contributed by atoms with Gasteiger partial charge in [-0.15, -0.1) is 0 Å². The molecule has 10 heteroatoms. The van der Waals surface area contributed by atoms with Crippen LogP contribution in [-0.4, -0.2) is 45.6 Å². The molecule has 0 aliphatic heterocycles. The molecule has 0 aliphatic carbocycles. The number of nitrogens with zero attached hydrogens (tertiary/aromatic N) is 2. The molecule has 0 saturated carbocycles. The van der Waals surface area contributed by atoms with Gasteiger partial charge in [-0.05, 0) is 47.5 Å². The first-order valence-electron chi connectivity index (χ1n) is 8.87. The number of phenolic OH excluding ortho intramolecular Hbond substituents is 4. The lowest BCUT2D eigenvalue weighted by atomic mass is 10.1. The lowest BCUT2D eigenvalue weighted by molar-refractivity contribution is -0.146. The first kappa shape index (κ1) is 23.3. The van der Waals surface area contributed by atoms with Crippen LogP contribution in [0.1, 0.15) is 11.1 Å². The van der Waals surface area contributed by atoms with E-state index in [-0.39, 0.29) is 22.6 Å². The highest BCUT2D eigenvalue weighted by molar-refractivity contribution is 5.98. The molecule has 0 bridgehead atoms. The topological polar surface area (TPSA) is 181 Å². The molecular weight excluding hydrogens is 420 g/mol. The minimum atomic E-state index is -1.01. The van der Waals surface area contributed by atoms with Gasteiger partial charge < -0.3 is 29.9 Å². The van der Waals surface area contributed by atoms with Crippen LogP contribution in [0.15, 0.2) is 47.5 Å². The molecule has 0 saturated heterocycles. The maximum Gasteiger partial charge on any atom is 0.349 e. The van der Waals surface area contributed by atoms with Crippen LogP contribution in [0, 0.1) is 22.7 Å². The number of carbonyl (C=O) groups excluding carboxylic acids is 2. The van der Waals surface area contributed by atoms with E-state index in [4.69, 9.17) is 20.0 Å². The Hall–Kier alpha value is -4.96. The maximum absolute atomic E-state index is 12.0. The number of carbonyl (C=O) groups is 2. The van der Waals surface area contributed by atoms with Crippen LogP contribution in [0.2, 0.25) is 0 Å². The molecule has 0 aliphatic rings. The molecule has 162 valence electrons. The molecule has 4 N–H and O–H groups in total. The van der Waals surface area contributed by atoms with Gasteiger partial charge in [0, 0.05) is 0 Å². The summed E-state index contributed by atoms with van der Waals surface area (Å²) in [6.45, 7) is -0.799. The number of rotatable bonds is 7. The molecule has 0 aromatic heterocycles. The van der Waals surface area contributed by atoms with E-state index in [0.717, 1.165) is 24.3 Å². The Morgan fingerprint density at radius 1 is 0.719 bits per heavy atom. The molecule has 0 unspecified atom stereocenters. The summed E-state index contributed by atoms with van der Waals surface area (Å²) in [5.41, 5.74) is -0.258. The van der Waals surface area contributed by atoms with Crippen molar-refractivity contribution in [2.45, 2.75) is 0 Å². The number of ether oxygens (including phenoxy) is 2. The van der Waals surface area contributed by atoms with Crippen molar-refractivity contribution in [3.63, 3.8) is 0 Å². The minimum absolute atomic E-state index is 0.268. The second-order valence-corrected chi connectivity index (χ2v) is 6.11. The summed E-state index contributed by atoms with van der Waals surface area (Å²) in [6.07, 6.45) is 2.27. The number of hydrogen-bond acceptors (Lipinski definition) is 10. The van der Waals surface area contributed by atoms with Gasteiger partial charge in [-0.2, -0.15) is 10.5 Å². The summed E-state index contributed by atoms with van der Waals surface area (Å²) < 4.78 is 9.70. The fourth-order valence-electron chi connectivity index (χ4n) is 2.29. The highest BCUT2D eigenvalue weighted by Gasteiger charge is 2.14. The third-order valence-electron chi connectivity index (χ3n) is 3.85. The Labute approximate surface area is 181 Å². The molecular formula is C22H16N2O8. The van der Waals surface area contributed by atoms with Crippen LogP contribution >= 0.6 is 0 Å². The molecule has 32 heavy (non-hydrogen) atoms. The Morgan fingerprint density at radius 2 is 1.09 bits per heavy atom. The number of nitriles is 2. The van der Waals surface area contributed by atoms with Gasteiger partial charge in [0.2, 0.25) is 0 Å². The zero-order valence-electron chi connectivity index (χ0n) is 16.3. The smallest absolute Gasteiger partial charge is 0.349 e. The van der Waals surface area contributed by atoms with Gasteiger partial charge in [0.25, 0.3) is 0 Å². The van der Waals surface area contributed by atoms with Crippen molar-refractivity contribution in [2.24, 2.45) is 0 Å². The van der Waals surface area contributed by atoms with Gasteiger partial charge in [-0.3, -0.25) is 0 Å². The van der Waals surface area contributed by atoms with Crippen LogP contribution in [0.5, 0.6) is 23.0 Å². The van der Waals surface area contributed by atoms with Crippen molar-refractivity contribution in [3.05, 3.63) is 58.7 Å². The number of phenols is 4. The van der Waals surface area contributed by atoms with Crippen molar-refractivity contribution in [1.82, 2.24) is 0 Å². The molecule has 2 aromatic carbocycles. The third kappa shape index (κ3) is 6.27. The summed E-state index contributed by atoms with van der Waals surface area (Å²) in [5.74, 6) is -3.60. The lowest BCUT2D eigenvalue weighted by Gasteiger charge is -2.06. The van der Waals surface area contributed by atoms with Crippen molar-refractivity contribution in [1.29, 1.82) is 10.5 Å². The second kappa shape index (κ2) is 10.7. The van der Waals surface area contributed by atoms with E-state index < -0.39 is 47.8 Å². The highest BCUT2D eigenvalue weighted by Crippen LogP contribution is 2.27. The van der Waals surface area contributed by atoms with Crippen LogP contribution in [0.4, 0.5) is 0 Å². The van der Waals surface area contributed by atoms with E-state index in [2.05, 4.69) is 0 Å². The van der Waals surface area contributed by atoms with E-state index in [9.17, 15) is 30.0 Å². The second-order valence-electron chi connectivity index (χ2n) is 6.11. The summed E-state index contributed by atoms with van der Waals surface area (Å²) in [7, 11) is 0. The Balaban J connectivity index is 1.93. The predicted octanol–water partition coefficient (Wildman–Crippen LogP) is 2.11. The quantitative estimate of drug-likeness (QED) is 0.165. The molecule has 2 rings (SSSR count). The summed E-state index contributed by atoms with van der Waals surface area (Å²) >= 11 is 0. The van der Waals surface area contributed by atoms with Gasteiger partial charge in [0.1, 0.15) is 36.5 Å². The number of hydrogen-bond donors (Lipinski definition) is 4. The van der Waals surface area contributed by atoms with Gasteiger partial charge in [-0.1, -0.05) is 12.1 Å². The van der Waals surface area contributed by atoms with Gasteiger partial charge in [0.15, 0.2) is 23.0 Å². The van der Waals surface area contributed by atoms with E-state index >= 15 is 0 Å². The highest BCUT2D eigenvalue weighted by atomic mass is 16.6. The fraction of sp³-hybridized carbons (Fsp3) is 0.0909. The van der Waals surface area contributed by atoms with Crippen molar-refractivity contribution >= 4 is 24.1 Å². The standard InChI is InChI=1S/C22H16N2O8/c23-11-15(7-13-1-3-17(25)19(27)9-13)21(29)31-5-6-32-22(30)16(12-24)8-14-2-4-18(26)20(28)10-14/h1-4,7-10,25-28H,5-6H2. The van der Waals surface area contributed by atoms with Crippen LogP contribution in [0.3, 0.4) is 0 Å². The number of aromatic hydroxyl groups is 4. The Bertz CT molecular complexity index is 1090. The lowest BCUT2D eigenvalue weighted by Crippen LogP contribution is -2.15. The molecule has 2 aromatic rings. The van der Waals surface area contributed by atoms with E-state index in [1.807, 2.05) is 0 Å². The van der Waals surface area contributed by atoms with Crippen LogP contribution < -0.4 is 0 Å². The molecule has 0 atom stereocenters. The van der Waals surface area contributed by atoms with Crippen molar-refractivity contribution < 1.29 is 39.5 Å². The molecule has 0 heterocycles. The minimum Gasteiger partial charge on any atom is -0.504 e. The number of benzene rings is 2. The van der Waals surface area contributed by atoms with Crippen LogP contribution in [-0.2, 0) is 19.1 Å². The van der Waals surface area contributed by atoms with Gasteiger partial charge in [0.05, 0.1) is 0 Å². The summed E-state index contributed by atoms with van der Waals surface area (Å²) in [6, 6.07) is 10.7. The SMILES string of the molecule is N#CC(=Cc1ccc(O)c(O)c1)C(=O)OCCOC(=O)C(C#N)=Cc1ccc(O)c(O)c1. The molecule has 0 fully saturated rings. The fourth-order valence-corrected chi connectivity index (χ4v) is 2.29. The van der Waals surface area contributed by atoms with E-state index in [1.54, 1.807) is 12.1 Å². The Kier molecular flexibility index (Phi) is 7.81. The number of esters is 2.